The van der Waals surface area contributed by atoms with Crippen molar-refractivity contribution in [3.05, 3.63) is 30.1 Å². The summed E-state index contributed by atoms with van der Waals surface area (Å²) in [5, 5.41) is 2.48. The Bertz CT molecular complexity index is 220. The van der Waals surface area contributed by atoms with Gasteiger partial charge in [0.25, 0.3) is 5.91 Å². The van der Waals surface area contributed by atoms with Crippen LogP contribution in [0, 0.1) is 6.07 Å². The number of pyridine rings is 1. The van der Waals surface area contributed by atoms with Crippen molar-refractivity contribution >= 4 is 5.91 Å². The number of rotatable bonds is 1. The summed E-state index contributed by atoms with van der Waals surface area (Å²) >= 11 is 0. The SMILES string of the molecule is CNC(=O)c1c[c]cnc1. The lowest BCUT2D eigenvalue weighted by Crippen LogP contribution is -2.17. The summed E-state index contributed by atoms with van der Waals surface area (Å²) < 4.78 is 0. The van der Waals surface area contributed by atoms with Crippen LogP contribution in [0.2, 0.25) is 0 Å². The number of nitrogens with zero attached hydrogens (tertiary/aromatic N) is 1. The highest BCUT2D eigenvalue weighted by Crippen LogP contribution is 1.92. The number of hydrogen-bond donors (Lipinski definition) is 1. The van der Waals surface area contributed by atoms with Crippen LogP contribution in [0.5, 0.6) is 0 Å². The Kier molecular flexibility index (Phi) is 1.99. The van der Waals surface area contributed by atoms with Crippen LogP contribution in [0.15, 0.2) is 18.5 Å². The van der Waals surface area contributed by atoms with E-state index in [9.17, 15) is 4.79 Å². The van der Waals surface area contributed by atoms with Gasteiger partial charge in [0.15, 0.2) is 0 Å². The first-order valence-electron chi connectivity index (χ1n) is 2.88. The molecule has 0 aliphatic carbocycles. The maximum absolute atomic E-state index is 10.8. The minimum Gasteiger partial charge on any atom is -0.355 e. The molecule has 0 bridgehead atoms. The molecular weight excluding hydrogens is 128 g/mol. The fourth-order valence-corrected chi connectivity index (χ4v) is 0.593. The third kappa shape index (κ3) is 1.31. The molecular formula is C7H7N2O. The summed E-state index contributed by atoms with van der Waals surface area (Å²) in [6.07, 6.45) is 3.00. The molecule has 0 aliphatic heterocycles. The van der Waals surface area contributed by atoms with E-state index in [-0.39, 0.29) is 5.91 Å². The summed E-state index contributed by atoms with van der Waals surface area (Å²) in [6, 6.07) is 4.29. The van der Waals surface area contributed by atoms with Gasteiger partial charge in [-0.1, -0.05) is 0 Å². The molecule has 0 unspecified atom stereocenters. The van der Waals surface area contributed by atoms with Gasteiger partial charge >= 0.3 is 0 Å². The molecule has 1 heterocycles. The molecule has 1 radical (unpaired) electrons. The number of aromatic nitrogens is 1. The lowest BCUT2D eigenvalue weighted by Gasteiger charge is -1.95. The third-order valence-electron chi connectivity index (χ3n) is 1.09. The van der Waals surface area contributed by atoms with E-state index in [0.717, 1.165) is 0 Å². The Balaban J connectivity index is 2.85. The molecule has 0 aliphatic rings. The quantitative estimate of drug-likeness (QED) is 0.599. The Morgan fingerprint density at radius 3 is 3.10 bits per heavy atom. The largest absolute Gasteiger partial charge is 0.355 e. The third-order valence-corrected chi connectivity index (χ3v) is 1.09. The van der Waals surface area contributed by atoms with E-state index in [1.54, 1.807) is 13.1 Å². The molecule has 1 aromatic heterocycles. The van der Waals surface area contributed by atoms with Crippen LogP contribution in [-0.4, -0.2) is 17.9 Å². The topological polar surface area (TPSA) is 42.0 Å². The van der Waals surface area contributed by atoms with Crippen molar-refractivity contribution < 1.29 is 4.79 Å². The summed E-state index contributed by atoms with van der Waals surface area (Å²) in [5.74, 6) is -0.135. The lowest BCUT2D eigenvalue weighted by molar-refractivity contribution is 0.0962. The lowest BCUT2D eigenvalue weighted by atomic mass is 10.3. The first-order chi connectivity index (χ1) is 4.84. The number of hydrogen-bond acceptors (Lipinski definition) is 2. The molecule has 0 fully saturated rings. The Hall–Kier alpha value is -1.38. The predicted molar refractivity (Wildman–Crippen MR) is 36.5 cm³/mol. The molecule has 0 spiro atoms. The van der Waals surface area contributed by atoms with Crippen molar-refractivity contribution in [1.82, 2.24) is 10.3 Å². The van der Waals surface area contributed by atoms with E-state index in [4.69, 9.17) is 0 Å². The smallest absolute Gasteiger partial charge is 0.252 e. The van der Waals surface area contributed by atoms with E-state index >= 15 is 0 Å². The van der Waals surface area contributed by atoms with Gasteiger partial charge in [-0.2, -0.15) is 0 Å². The first kappa shape index (κ1) is 6.74. The van der Waals surface area contributed by atoms with Gasteiger partial charge in [0.2, 0.25) is 0 Å². The van der Waals surface area contributed by atoms with Crippen molar-refractivity contribution in [2.24, 2.45) is 0 Å². The number of amides is 1. The highest BCUT2D eigenvalue weighted by Gasteiger charge is 1.99. The van der Waals surface area contributed by atoms with Gasteiger partial charge in [-0.15, -0.1) is 0 Å². The minimum atomic E-state index is -0.135. The van der Waals surface area contributed by atoms with E-state index < -0.39 is 0 Å². The van der Waals surface area contributed by atoms with Crippen molar-refractivity contribution in [3.8, 4) is 0 Å². The molecule has 0 saturated carbocycles. The van der Waals surface area contributed by atoms with E-state index in [1.165, 1.54) is 12.4 Å². The molecule has 1 aromatic rings. The van der Waals surface area contributed by atoms with E-state index in [0.29, 0.717) is 5.56 Å². The fourth-order valence-electron chi connectivity index (χ4n) is 0.593. The molecule has 0 saturated heterocycles. The van der Waals surface area contributed by atoms with Crippen LogP contribution in [-0.2, 0) is 0 Å². The number of carbonyl (C=O) groups is 1. The molecule has 10 heavy (non-hydrogen) atoms. The zero-order valence-corrected chi connectivity index (χ0v) is 5.59. The van der Waals surface area contributed by atoms with Crippen LogP contribution in [0.3, 0.4) is 0 Å². The molecule has 0 atom stereocenters. The molecule has 3 nitrogen and oxygen atoms in total. The van der Waals surface area contributed by atoms with Crippen molar-refractivity contribution in [1.29, 1.82) is 0 Å². The summed E-state index contributed by atoms with van der Waals surface area (Å²) in [6.45, 7) is 0. The van der Waals surface area contributed by atoms with Crippen molar-refractivity contribution in [2.75, 3.05) is 7.05 Å². The molecule has 51 valence electrons. The zero-order valence-electron chi connectivity index (χ0n) is 5.59. The Morgan fingerprint density at radius 1 is 1.80 bits per heavy atom. The van der Waals surface area contributed by atoms with Crippen LogP contribution in [0.4, 0.5) is 0 Å². The maximum atomic E-state index is 10.8. The summed E-state index contributed by atoms with van der Waals surface area (Å²) in [5.41, 5.74) is 0.532. The Labute approximate surface area is 59.1 Å². The highest BCUT2D eigenvalue weighted by molar-refractivity contribution is 5.93. The number of carbonyl (C=O) groups excluding carboxylic acids is 1. The van der Waals surface area contributed by atoms with Gasteiger partial charge in [0.1, 0.15) is 0 Å². The van der Waals surface area contributed by atoms with Gasteiger partial charge in [0, 0.05) is 25.5 Å². The van der Waals surface area contributed by atoms with Crippen molar-refractivity contribution in [2.45, 2.75) is 0 Å². The predicted octanol–water partition coefficient (Wildman–Crippen LogP) is 0.241. The number of nitrogens with one attached hydrogen (secondary N) is 1. The standard InChI is InChI=1S/C7H7N2O/c1-8-7(10)6-3-2-4-9-5-6/h3-5H,1H3,(H,8,10). The van der Waals surface area contributed by atoms with Gasteiger partial charge in [-0.05, 0) is 6.07 Å². The summed E-state index contributed by atoms with van der Waals surface area (Å²) in [7, 11) is 1.58. The molecule has 1 rings (SSSR count). The van der Waals surface area contributed by atoms with E-state index in [2.05, 4.69) is 16.4 Å². The van der Waals surface area contributed by atoms with Gasteiger partial charge in [0.05, 0.1) is 5.56 Å². The molecule has 1 N–H and O–H groups in total. The van der Waals surface area contributed by atoms with Gasteiger partial charge in [-0.25, -0.2) is 0 Å². The first-order valence-corrected chi connectivity index (χ1v) is 2.88. The fraction of sp³-hybridized carbons (Fsp3) is 0.143. The van der Waals surface area contributed by atoms with E-state index in [1.807, 2.05) is 0 Å². The summed E-state index contributed by atoms with van der Waals surface area (Å²) in [4.78, 5) is 14.6. The van der Waals surface area contributed by atoms with Crippen LogP contribution in [0.1, 0.15) is 10.4 Å². The average Bonchev–Trinajstić information content (AvgIpc) is 2.05. The highest BCUT2D eigenvalue weighted by atomic mass is 16.1. The monoisotopic (exact) mass is 135 g/mol. The second kappa shape index (κ2) is 2.96. The molecule has 3 heteroatoms. The van der Waals surface area contributed by atoms with Gasteiger partial charge < -0.3 is 5.32 Å². The second-order valence-corrected chi connectivity index (χ2v) is 1.75. The molecule has 1 amide bonds. The van der Waals surface area contributed by atoms with Crippen LogP contribution in [0.25, 0.3) is 0 Å². The van der Waals surface area contributed by atoms with Crippen LogP contribution < -0.4 is 5.32 Å². The maximum Gasteiger partial charge on any atom is 0.252 e. The second-order valence-electron chi connectivity index (χ2n) is 1.75. The normalized spacial score (nSPS) is 8.90. The van der Waals surface area contributed by atoms with Gasteiger partial charge in [-0.3, -0.25) is 9.78 Å². The van der Waals surface area contributed by atoms with Crippen LogP contribution >= 0.6 is 0 Å². The molecule has 0 aromatic carbocycles. The zero-order chi connectivity index (χ0) is 7.40. The minimum absolute atomic E-state index is 0.135. The Morgan fingerprint density at radius 2 is 2.60 bits per heavy atom. The average molecular weight is 135 g/mol. The van der Waals surface area contributed by atoms with Crippen molar-refractivity contribution in [3.63, 3.8) is 0 Å².